The van der Waals surface area contributed by atoms with E-state index in [9.17, 15) is 45.4 Å². The normalized spacial score (nSPS) is 18.9. The lowest BCUT2D eigenvalue weighted by Crippen LogP contribution is -2.35. The molecule has 0 spiro atoms. The molecule has 1 aliphatic rings. The minimum atomic E-state index is -4.69. The summed E-state index contributed by atoms with van der Waals surface area (Å²) < 4.78 is 93.6. The van der Waals surface area contributed by atoms with Gasteiger partial charge in [0.25, 0.3) is 18.3 Å². The molecule has 3 heterocycles. The van der Waals surface area contributed by atoms with E-state index >= 15 is 0 Å². The second kappa shape index (κ2) is 9.00. The molecule has 1 unspecified atom stereocenters. The highest BCUT2D eigenvalue weighted by atomic mass is 32.1. The van der Waals surface area contributed by atoms with Crippen molar-refractivity contribution in [3.8, 4) is 10.4 Å². The monoisotopic (exact) mass is 514 g/mol. The van der Waals surface area contributed by atoms with Crippen molar-refractivity contribution in [2.24, 2.45) is 0 Å². The van der Waals surface area contributed by atoms with Crippen molar-refractivity contribution in [2.45, 2.75) is 50.9 Å². The molecule has 0 bridgehead atoms. The van der Waals surface area contributed by atoms with Crippen molar-refractivity contribution < 1.29 is 45.4 Å². The summed E-state index contributed by atoms with van der Waals surface area (Å²) in [6.07, 6.45) is -7.84. The fourth-order valence-corrected chi connectivity index (χ4v) is 4.31. The van der Waals surface area contributed by atoms with Crippen LogP contribution in [0.3, 0.4) is 0 Å². The predicted octanol–water partition coefficient (Wildman–Crippen LogP) is 5.07. The van der Waals surface area contributed by atoms with Crippen molar-refractivity contribution in [3.63, 3.8) is 0 Å². The summed E-state index contributed by atoms with van der Waals surface area (Å²) in [5.74, 6) is -6.41. The number of hydrogen-bond acceptors (Lipinski definition) is 6. The maximum absolute atomic E-state index is 13.8. The minimum absolute atomic E-state index is 0.345. The zero-order chi connectivity index (χ0) is 25.6. The summed E-state index contributed by atoms with van der Waals surface area (Å²) in [7, 11) is 0. The number of alkyl halides is 7. The van der Waals surface area contributed by atoms with Crippen molar-refractivity contribution >= 4 is 29.0 Å². The molecule has 1 fully saturated rings. The predicted molar refractivity (Wildman–Crippen MR) is 106 cm³/mol. The highest BCUT2D eigenvalue weighted by Gasteiger charge is 2.46. The molecule has 0 saturated carbocycles. The Labute approximate surface area is 191 Å². The Morgan fingerprint density at radius 2 is 1.97 bits per heavy atom. The van der Waals surface area contributed by atoms with Gasteiger partial charge >= 0.3 is 12.1 Å². The van der Waals surface area contributed by atoms with Crippen LogP contribution in [0, 0.1) is 0 Å². The molecule has 0 aliphatic carbocycles. The van der Waals surface area contributed by atoms with E-state index in [0.29, 0.717) is 17.4 Å². The van der Waals surface area contributed by atoms with Gasteiger partial charge in [0.1, 0.15) is 17.6 Å². The third-order valence-corrected chi connectivity index (χ3v) is 6.15. The van der Waals surface area contributed by atoms with Gasteiger partial charge in [-0.15, -0.1) is 11.3 Å². The number of amides is 1. The second-order valence-electron chi connectivity index (χ2n) is 7.71. The van der Waals surface area contributed by atoms with E-state index in [1.165, 1.54) is 6.92 Å². The summed E-state index contributed by atoms with van der Waals surface area (Å²) in [6, 6.07) is -2.41. The lowest BCUT2D eigenvalue weighted by molar-refractivity contribution is -0.138. The molecule has 2 aromatic rings. The Hall–Kier alpha value is -2.97. The number of carboxylic acids is 1. The zero-order valence-electron chi connectivity index (χ0n) is 17.5. The molecule has 3 rings (SSSR count). The summed E-state index contributed by atoms with van der Waals surface area (Å²) >= 11 is 0.345. The van der Waals surface area contributed by atoms with Crippen molar-refractivity contribution in [1.82, 2.24) is 14.9 Å². The van der Waals surface area contributed by atoms with Gasteiger partial charge in [0.15, 0.2) is 0 Å². The number of pyridine rings is 1. The maximum Gasteiger partial charge on any atom is 0.408 e. The van der Waals surface area contributed by atoms with Gasteiger partial charge in [-0.05, 0) is 19.9 Å². The molecular weight excluding hydrogens is 497 g/mol. The molecule has 2 aromatic heterocycles. The van der Waals surface area contributed by atoms with Crippen molar-refractivity contribution in [2.75, 3.05) is 11.9 Å². The van der Waals surface area contributed by atoms with Gasteiger partial charge in [0.05, 0.1) is 11.4 Å². The largest absolute Gasteiger partial charge is 0.476 e. The number of rotatable bonds is 6. The van der Waals surface area contributed by atoms with Crippen LogP contribution < -0.4 is 5.32 Å². The number of nitrogens with one attached hydrogen (secondary N) is 1. The van der Waals surface area contributed by atoms with Crippen LogP contribution in [-0.4, -0.2) is 62.6 Å². The first kappa shape index (κ1) is 25.6. The lowest BCUT2D eigenvalue weighted by atomic mass is 10.1. The van der Waals surface area contributed by atoms with E-state index in [2.05, 4.69) is 9.97 Å². The number of aromatic carboxylic acids is 1. The molecule has 2 N–H and O–H groups in total. The van der Waals surface area contributed by atoms with E-state index < -0.39 is 83.1 Å². The third kappa shape index (κ3) is 5.23. The van der Waals surface area contributed by atoms with Crippen molar-refractivity contribution in [1.29, 1.82) is 0 Å². The molecule has 186 valence electrons. The lowest BCUT2D eigenvalue weighted by Gasteiger charge is -2.21. The van der Waals surface area contributed by atoms with Gasteiger partial charge in [-0.1, -0.05) is 0 Å². The van der Waals surface area contributed by atoms with Crippen LogP contribution in [0.15, 0.2) is 12.3 Å². The standard InChI is InChI=1S/C19H17F7N4O3S/c1-7-4-18(22,23)6-30(7)16(31)12-13(34-15(29-12)17(32)33)10-5-27-11(3-9(10)14(20)21)28-8(2)19(24,25)26/h3,5,7-8,14H,4,6H2,1-2H3,(H,27,28)(H,32,33)/t7-,8?/m0/s1. The topological polar surface area (TPSA) is 95.4 Å². The van der Waals surface area contributed by atoms with Gasteiger partial charge in [-0.25, -0.2) is 32.3 Å². The average Bonchev–Trinajstić information content (AvgIpc) is 3.27. The molecule has 7 nitrogen and oxygen atoms in total. The Kier molecular flexibility index (Phi) is 6.79. The van der Waals surface area contributed by atoms with Gasteiger partial charge in [-0.2, -0.15) is 13.2 Å². The van der Waals surface area contributed by atoms with Crippen LogP contribution in [0.5, 0.6) is 0 Å². The number of hydrogen-bond donors (Lipinski definition) is 2. The fourth-order valence-electron chi connectivity index (χ4n) is 3.38. The van der Waals surface area contributed by atoms with Crippen LogP contribution in [0.1, 0.15) is 52.5 Å². The fraction of sp³-hybridized carbons (Fsp3) is 0.474. The van der Waals surface area contributed by atoms with Crippen LogP contribution in [-0.2, 0) is 0 Å². The van der Waals surface area contributed by atoms with Crippen LogP contribution in [0.2, 0.25) is 0 Å². The van der Waals surface area contributed by atoms with E-state index in [1.54, 1.807) is 0 Å². The molecule has 34 heavy (non-hydrogen) atoms. The SMILES string of the molecule is CC(Nc1cc(C(F)F)c(-c2sc(C(=O)O)nc2C(=O)N2CC(F)(F)C[C@@H]2C)cn1)C(F)(F)F. The molecule has 0 aromatic carbocycles. The number of likely N-dealkylation sites (tertiary alicyclic amines) is 1. The van der Waals surface area contributed by atoms with E-state index in [0.717, 1.165) is 18.0 Å². The Morgan fingerprint density at radius 1 is 1.32 bits per heavy atom. The molecule has 0 radical (unpaired) electrons. The van der Waals surface area contributed by atoms with E-state index in [-0.39, 0.29) is 4.88 Å². The highest BCUT2D eigenvalue weighted by Crippen LogP contribution is 2.40. The Bertz CT molecular complexity index is 1110. The number of nitrogens with zero attached hydrogens (tertiary/aromatic N) is 3. The highest BCUT2D eigenvalue weighted by molar-refractivity contribution is 7.17. The number of thiazole rings is 1. The van der Waals surface area contributed by atoms with Gasteiger partial charge in [-0.3, -0.25) is 4.79 Å². The summed E-state index contributed by atoms with van der Waals surface area (Å²) in [5.41, 5.74) is -1.94. The van der Waals surface area contributed by atoms with Crippen LogP contribution in [0.4, 0.5) is 36.6 Å². The number of carbonyl (C=O) groups excluding carboxylic acids is 1. The average molecular weight is 514 g/mol. The second-order valence-corrected chi connectivity index (χ2v) is 8.71. The molecular formula is C19H17F7N4O3S. The quantitative estimate of drug-likeness (QED) is 0.523. The number of carboxylic acid groups (broad SMARTS) is 1. The Balaban J connectivity index is 2.08. The van der Waals surface area contributed by atoms with Gasteiger partial charge in [0.2, 0.25) is 5.01 Å². The first-order chi connectivity index (χ1) is 15.6. The number of anilines is 1. The number of aromatic nitrogens is 2. The molecule has 15 heteroatoms. The third-order valence-electron chi connectivity index (χ3n) is 5.07. The van der Waals surface area contributed by atoms with Crippen LogP contribution >= 0.6 is 11.3 Å². The van der Waals surface area contributed by atoms with E-state index in [4.69, 9.17) is 0 Å². The smallest absolute Gasteiger partial charge is 0.408 e. The number of carbonyl (C=O) groups is 2. The summed E-state index contributed by atoms with van der Waals surface area (Å²) in [6.45, 7) is 1.13. The first-order valence-electron chi connectivity index (χ1n) is 9.65. The summed E-state index contributed by atoms with van der Waals surface area (Å²) in [5, 5.41) is 10.6. The molecule has 1 amide bonds. The number of halogens is 7. The van der Waals surface area contributed by atoms with E-state index in [1.807, 2.05) is 5.32 Å². The summed E-state index contributed by atoms with van der Waals surface area (Å²) in [4.78, 5) is 32.1. The molecule has 2 atom stereocenters. The molecule has 1 saturated heterocycles. The van der Waals surface area contributed by atoms with Crippen LogP contribution in [0.25, 0.3) is 10.4 Å². The molecule has 1 aliphatic heterocycles. The maximum atomic E-state index is 13.8. The minimum Gasteiger partial charge on any atom is -0.476 e. The Morgan fingerprint density at radius 3 is 2.47 bits per heavy atom. The van der Waals surface area contributed by atoms with Gasteiger partial charge < -0.3 is 15.3 Å². The van der Waals surface area contributed by atoms with Gasteiger partial charge in [0, 0.05) is 29.8 Å². The van der Waals surface area contributed by atoms with Crippen molar-refractivity contribution in [3.05, 3.63) is 28.5 Å². The zero-order valence-corrected chi connectivity index (χ0v) is 18.3. The first-order valence-corrected chi connectivity index (χ1v) is 10.5.